The van der Waals surface area contributed by atoms with Crippen LogP contribution >= 0.6 is 0 Å². The van der Waals surface area contributed by atoms with Crippen LogP contribution in [0.1, 0.15) is 24.4 Å². The van der Waals surface area contributed by atoms with Crippen molar-refractivity contribution in [3.05, 3.63) is 35.9 Å². The lowest BCUT2D eigenvalue weighted by atomic mass is 10.2. The van der Waals surface area contributed by atoms with Gasteiger partial charge >= 0.3 is 0 Å². The molecule has 0 spiro atoms. The van der Waals surface area contributed by atoms with Crippen molar-refractivity contribution in [2.75, 3.05) is 31.6 Å². The molecule has 1 unspecified atom stereocenters. The highest BCUT2D eigenvalue weighted by Gasteiger charge is 2.36. The number of hydrogen-bond donors (Lipinski definition) is 0. The molecule has 1 amide bonds. The van der Waals surface area contributed by atoms with Gasteiger partial charge in [0.2, 0.25) is 11.9 Å². The normalized spacial score (nSPS) is 20.1. The van der Waals surface area contributed by atoms with Gasteiger partial charge in [-0.3, -0.25) is 19.2 Å². The topological polar surface area (TPSA) is 70.4 Å². The van der Waals surface area contributed by atoms with Crippen molar-refractivity contribution < 1.29 is 4.79 Å². The van der Waals surface area contributed by atoms with Crippen LogP contribution in [0, 0.1) is 0 Å². The van der Waals surface area contributed by atoms with E-state index in [9.17, 15) is 4.79 Å². The first kappa shape index (κ1) is 17.0. The molecule has 2 aliphatic heterocycles. The van der Waals surface area contributed by atoms with Gasteiger partial charge in [-0.25, -0.2) is 0 Å². The molecule has 2 saturated heterocycles. The molecular weight excluding hydrogens is 330 g/mol. The van der Waals surface area contributed by atoms with Gasteiger partial charge in [-0.2, -0.15) is 0 Å². The molecule has 2 aliphatic rings. The summed E-state index contributed by atoms with van der Waals surface area (Å²) in [6.45, 7) is 3.93. The van der Waals surface area contributed by atoms with Crippen LogP contribution in [0.4, 0.5) is 5.95 Å². The molecule has 0 bridgehead atoms. The number of fused-ring (bicyclic) bond motifs is 1. The van der Waals surface area contributed by atoms with E-state index in [1.807, 2.05) is 36.3 Å². The van der Waals surface area contributed by atoms with Gasteiger partial charge in [0.15, 0.2) is 0 Å². The van der Waals surface area contributed by atoms with Gasteiger partial charge in [0.05, 0.1) is 12.2 Å². The van der Waals surface area contributed by atoms with Crippen LogP contribution in [0.5, 0.6) is 0 Å². The Kier molecular flexibility index (Phi) is 4.58. The number of carbonyl (C=O) groups excluding carboxylic acids is 1. The quantitative estimate of drug-likeness (QED) is 0.784. The molecule has 8 heteroatoms. The van der Waals surface area contributed by atoms with Crippen molar-refractivity contribution in [2.45, 2.75) is 32.0 Å². The molecule has 0 saturated carbocycles. The number of pyridine rings is 1. The third kappa shape index (κ3) is 3.29. The van der Waals surface area contributed by atoms with E-state index in [4.69, 9.17) is 0 Å². The summed E-state index contributed by atoms with van der Waals surface area (Å²) in [4.78, 5) is 22.7. The minimum atomic E-state index is 0.296. The van der Waals surface area contributed by atoms with E-state index in [-0.39, 0.29) is 0 Å². The van der Waals surface area contributed by atoms with Crippen LogP contribution < -0.4 is 4.90 Å². The Labute approximate surface area is 153 Å². The molecule has 4 heterocycles. The lowest BCUT2D eigenvalue weighted by Crippen LogP contribution is -2.52. The van der Waals surface area contributed by atoms with Gasteiger partial charge in [0, 0.05) is 51.9 Å². The zero-order valence-corrected chi connectivity index (χ0v) is 15.4. The Bertz CT molecular complexity index is 775. The smallest absolute Gasteiger partial charge is 0.227 e. The van der Waals surface area contributed by atoms with Gasteiger partial charge in [0.25, 0.3) is 0 Å². The summed E-state index contributed by atoms with van der Waals surface area (Å²) < 4.78 is 2.07. The number of anilines is 1. The fraction of sp³-hybridized carbons (Fsp3) is 0.556. The number of rotatable bonds is 5. The van der Waals surface area contributed by atoms with Crippen molar-refractivity contribution in [3.8, 4) is 0 Å². The highest BCUT2D eigenvalue weighted by atomic mass is 16.2. The van der Waals surface area contributed by atoms with E-state index in [0.29, 0.717) is 24.9 Å². The third-order valence-corrected chi connectivity index (χ3v) is 5.29. The average molecular weight is 355 g/mol. The maximum atomic E-state index is 11.9. The first-order chi connectivity index (χ1) is 12.6. The number of piperazine rings is 1. The summed E-state index contributed by atoms with van der Waals surface area (Å²) in [6, 6.07) is 6.28. The van der Waals surface area contributed by atoms with Gasteiger partial charge in [0.1, 0.15) is 5.82 Å². The molecule has 0 aromatic carbocycles. The summed E-state index contributed by atoms with van der Waals surface area (Å²) in [5, 5.41) is 8.83. The second-order valence-corrected chi connectivity index (χ2v) is 7.19. The predicted molar refractivity (Wildman–Crippen MR) is 97.4 cm³/mol. The molecule has 138 valence electrons. The van der Waals surface area contributed by atoms with Crippen LogP contribution in [0.25, 0.3) is 0 Å². The van der Waals surface area contributed by atoms with Crippen LogP contribution in [-0.2, 0) is 24.9 Å². The van der Waals surface area contributed by atoms with Gasteiger partial charge in [-0.15, -0.1) is 10.2 Å². The second kappa shape index (κ2) is 7.03. The van der Waals surface area contributed by atoms with Crippen molar-refractivity contribution in [2.24, 2.45) is 7.05 Å². The third-order valence-electron chi connectivity index (χ3n) is 5.29. The van der Waals surface area contributed by atoms with Crippen LogP contribution in [0.2, 0.25) is 0 Å². The molecule has 0 aliphatic carbocycles. The van der Waals surface area contributed by atoms with E-state index in [1.54, 1.807) is 0 Å². The van der Waals surface area contributed by atoms with E-state index < -0.39 is 0 Å². The fourth-order valence-electron chi connectivity index (χ4n) is 3.88. The number of amides is 1. The van der Waals surface area contributed by atoms with Crippen molar-refractivity contribution in [1.82, 2.24) is 29.5 Å². The lowest BCUT2D eigenvalue weighted by Gasteiger charge is -2.37. The number of hydrogen-bond acceptors (Lipinski definition) is 6. The molecule has 2 aromatic rings. The Morgan fingerprint density at radius 3 is 2.92 bits per heavy atom. The van der Waals surface area contributed by atoms with Gasteiger partial charge < -0.3 is 9.80 Å². The predicted octanol–water partition coefficient (Wildman–Crippen LogP) is 0.653. The average Bonchev–Trinajstić information content (AvgIpc) is 3.19. The maximum Gasteiger partial charge on any atom is 0.227 e. The molecule has 2 fully saturated rings. The van der Waals surface area contributed by atoms with Gasteiger partial charge in [-0.05, 0) is 25.6 Å². The molecule has 2 aromatic heterocycles. The number of carbonyl (C=O) groups is 1. The van der Waals surface area contributed by atoms with Crippen molar-refractivity contribution >= 4 is 11.9 Å². The molecule has 1 atom stereocenters. The Hall–Kier alpha value is -2.48. The summed E-state index contributed by atoms with van der Waals surface area (Å²) >= 11 is 0. The molecular formula is C18H25N7O. The molecule has 0 radical (unpaired) electrons. The SMILES string of the molecule is CN(Cc1ccccn1)Cc1nnc(N2CCN3C(=O)CCC3C2)n1C. The molecule has 26 heavy (non-hydrogen) atoms. The summed E-state index contributed by atoms with van der Waals surface area (Å²) in [5.41, 5.74) is 1.04. The zero-order chi connectivity index (χ0) is 18.1. The fourth-order valence-corrected chi connectivity index (χ4v) is 3.88. The van der Waals surface area contributed by atoms with E-state index in [2.05, 4.69) is 36.6 Å². The largest absolute Gasteiger partial charge is 0.337 e. The lowest BCUT2D eigenvalue weighted by molar-refractivity contribution is -0.129. The minimum Gasteiger partial charge on any atom is -0.337 e. The van der Waals surface area contributed by atoms with Crippen LogP contribution in [-0.4, -0.2) is 68.2 Å². The van der Waals surface area contributed by atoms with Gasteiger partial charge in [-0.1, -0.05) is 6.07 Å². The zero-order valence-electron chi connectivity index (χ0n) is 15.4. The minimum absolute atomic E-state index is 0.296. The Morgan fingerprint density at radius 1 is 1.23 bits per heavy atom. The molecule has 0 N–H and O–H groups in total. The standard InChI is InChI=1S/C18H25N7O/c1-22(11-14-5-3-4-8-19-14)13-16-20-21-18(23(16)2)24-9-10-25-15(12-24)6-7-17(25)26/h3-5,8,15H,6-7,9-13H2,1-2H3. The summed E-state index contributed by atoms with van der Waals surface area (Å²) in [6.07, 6.45) is 3.45. The Balaban J connectivity index is 1.41. The Morgan fingerprint density at radius 2 is 2.12 bits per heavy atom. The number of aromatic nitrogens is 4. The highest BCUT2D eigenvalue weighted by Crippen LogP contribution is 2.25. The monoisotopic (exact) mass is 355 g/mol. The molecule has 8 nitrogen and oxygen atoms in total. The summed E-state index contributed by atoms with van der Waals surface area (Å²) in [5.74, 6) is 2.12. The second-order valence-electron chi connectivity index (χ2n) is 7.19. The first-order valence-corrected chi connectivity index (χ1v) is 9.13. The van der Waals surface area contributed by atoms with Crippen LogP contribution in [0.15, 0.2) is 24.4 Å². The van der Waals surface area contributed by atoms with Crippen molar-refractivity contribution in [1.29, 1.82) is 0 Å². The van der Waals surface area contributed by atoms with E-state index in [1.165, 1.54) is 0 Å². The van der Waals surface area contributed by atoms with E-state index >= 15 is 0 Å². The maximum absolute atomic E-state index is 11.9. The van der Waals surface area contributed by atoms with Crippen LogP contribution in [0.3, 0.4) is 0 Å². The van der Waals surface area contributed by atoms with Crippen molar-refractivity contribution in [3.63, 3.8) is 0 Å². The first-order valence-electron chi connectivity index (χ1n) is 9.13. The molecule has 4 rings (SSSR count). The summed E-state index contributed by atoms with van der Waals surface area (Å²) in [7, 11) is 4.08. The highest BCUT2D eigenvalue weighted by molar-refractivity contribution is 5.79. The van der Waals surface area contributed by atoms with E-state index in [0.717, 1.165) is 50.1 Å². The number of nitrogens with zero attached hydrogens (tertiary/aromatic N) is 7.